The van der Waals surface area contributed by atoms with Gasteiger partial charge in [0.15, 0.2) is 0 Å². The first kappa shape index (κ1) is 20.8. The average Bonchev–Trinajstić information content (AvgIpc) is 3.39. The van der Waals surface area contributed by atoms with Gasteiger partial charge in [0.05, 0.1) is 0 Å². The summed E-state index contributed by atoms with van der Waals surface area (Å²) in [5.74, 6) is 1.92. The Labute approximate surface area is 188 Å². The molecule has 3 aromatic rings. The van der Waals surface area contributed by atoms with Crippen molar-refractivity contribution >= 4 is 22.5 Å². The molecule has 0 aliphatic carbocycles. The fraction of sp³-hybridized carbons (Fsp3) is 0.385. The Morgan fingerprint density at radius 3 is 2.56 bits per heavy atom. The van der Waals surface area contributed by atoms with Crippen LogP contribution in [0.5, 0.6) is 5.75 Å². The van der Waals surface area contributed by atoms with Gasteiger partial charge in [-0.3, -0.25) is 4.79 Å². The molecular formula is C26H29N3O3. The summed E-state index contributed by atoms with van der Waals surface area (Å²) in [5, 5.41) is 5.42. The van der Waals surface area contributed by atoms with Crippen LogP contribution in [0, 0.1) is 0 Å². The Kier molecular flexibility index (Phi) is 5.95. The van der Waals surface area contributed by atoms with Crippen molar-refractivity contribution in [3.05, 3.63) is 54.7 Å². The molecule has 1 atom stereocenters. The Balaban J connectivity index is 1.20. The van der Waals surface area contributed by atoms with Crippen LogP contribution < -0.4 is 10.1 Å². The van der Waals surface area contributed by atoms with Crippen molar-refractivity contribution in [1.82, 2.24) is 9.88 Å². The lowest BCUT2D eigenvalue weighted by Crippen LogP contribution is -2.45. The van der Waals surface area contributed by atoms with Gasteiger partial charge >= 0.3 is 0 Å². The number of fused-ring (bicyclic) bond motifs is 1. The van der Waals surface area contributed by atoms with Crippen molar-refractivity contribution in [3.63, 3.8) is 0 Å². The maximum absolute atomic E-state index is 12.5. The maximum atomic E-state index is 12.5. The highest BCUT2D eigenvalue weighted by Crippen LogP contribution is 2.29. The van der Waals surface area contributed by atoms with Crippen LogP contribution in [0.15, 0.2) is 54.7 Å². The fourth-order valence-electron chi connectivity index (χ4n) is 4.65. The summed E-state index contributed by atoms with van der Waals surface area (Å²) in [4.78, 5) is 18.8. The molecule has 1 N–H and O–H groups in total. The standard InChI is InChI=1S/C26H29N3O3/c1-27-25-23-9-6-19(17-20(23)10-13-28-25)18-4-7-21(8-5-18)32-22-11-14-29(15-12-22)26(30)24-3-2-16-31-24/h4-10,13,17,22,24H,2-3,11-12,14-16H2,1H3,(H,27,28). The number of anilines is 1. The van der Waals surface area contributed by atoms with Crippen LogP contribution in [0.1, 0.15) is 25.7 Å². The van der Waals surface area contributed by atoms with E-state index in [1.807, 2.05) is 36.3 Å². The van der Waals surface area contributed by atoms with Gasteiger partial charge in [-0.1, -0.05) is 24.3 Å². The number of hydrogen-bond donors (Lipinski definition) is 1. The van der Waals surface area contributed by atoms with Gasteiger partial charge in [0.1, 0.15) is 23.8 Å². The van der Waals surface area contributed by atoms with E-state index in [9.17, 15) is 4.79 Å². The number of rotatable bonds is 5. The Hall–Kier alpha value is -3.12. The van der Waals surface area contributed by atoms with Crippen molar-refractivity contribution in [2.45, 2.75) is 37.9 Å². The zero-order valence-corrected chi connectivity index (χ0v) is 18.4. The number of pyridine rings is 1. The van der Waals surface area contributed by atoms with E-state index >= 15 is 0 Å². The SMILES string of the molecule is CNc1nccc2cc(-c3ccc(OC4CCN(C(=O)C5CCCO5)CC4)cc3)ccc12. The van der Waals surface area contributed by atoms with E-state index in [1.165, 1.54) is 5.56 Å². The minimum Gasteiger partial charge on any atom is -0.490 e. The number of likely N-dealkylation sites (tertiary alicyclic amines) is 1. The minimum atomic E-state index is -0.226. The van der Waals surface area contributed by atoms with Crippen molar-refractivity contribution < 1.29 is 14.3 Å². The van der Waals surface area contributed by atoms with E-state index in [0.29, 0.717) is 6.61 Å². The first-order valence-electron chi connectivity index (χ1n) is 11.5. The Bertz CT molecular complexity index is 1090. The predicted octanol–water partition coefficient (Wildman–Crippen LogP) is 4.49. The first-order chi connectivity index (χ1) is 15.7. The third-order valence-corrected chi connectivity index (χ3v) is 6.45. The molecule has 2 saturated heterocycles. The number of nitrogens with one attached hydrogen (secondary N) is 1. The summed E-state index contributed by atoms with van der Waals surface area (Å²) in [7, 11) is 1.89. The second-order valence-electron chi connectivity index (χ2n) is 8.51. The molecule has 32 heavy (non-hydrogen) atoms. The monoisotopic (exact) mass is 431 g/mol. The van der Waals surface area contributed by atoms with Crippen molar-refractivity contribution in [2.24, 2.45) is 0 Å². The van der Waals surface area contributed by atoms with Crippen LogP contribution in [0.2, 0.25) is 0 Å². The molecule has 2 aromatic carbocycles. The van der Waals surface area contributed by atoms with Crippen molar-refractivity contribution in [1.29, 1.82) is 0 Å². The molecule has 1 amide bonds. The molecule has 0 spiro atoms. The largest absolute Gasteiger partial charge is 0.490 e. The van der Waals surface area contributed by atoms with Crippen LogP contribution >= 0.6 is 0 Å². The normalized spacial score (nSPS) is 19.3. The molecule has 0 bridgehead atoms. The van der Waals surface area contributed by atoms with Gasteiger partial charge in [-0.2, -0.15) is 0 Å². The molecule has 166 valence electrons. The van der Waals surface area contributed by atoms with Crippen LogP contribution in [0.4, 0.5) is 5.82 Å². The second kappa shape index (κ2) is 9.17. The smallest absolute Gasteiger partial charge is 0.251 e. The summed E-state index contributed by atoms with van der Waals surface area (Å²) in [6, 6.07) is 16.7. The van der Waals surface area contributed by atoms with Crippen LogP contribution in [-0.2, 0) is 9.53 Å². The van der Waals surface area contributed by atoms with E-state index in [-0.39, 0.29) is 18.1 Å². The van der Waals surface area contributed by atoms with Crippen LogP contribution in [0.3, 0.4) is 0 Å². The third kappa shape index (κ3) is 4.28. The molecule has 3 heterocycles. The van der Waals surface area contributed by atoms with Gasteiger partial charge in [0, 0.05) is 51.2 Å². The molecule has 1 unspecified atom stereocenters. The highest BCUT2D eigenvalue weighted by Gasteiger charge is 2.31. The van der Waals surface area contributed by atoms with Gasteiger partial charge in [0.2, 0.25) is 0 Å². The number of ether oxygens (including phenoxy) is 2. The van der Waals surface area contributed by atoms with Gasteiger partial charge in [-0.05, 0) is 53.6 Å². The summed E-state index contributed by atoms with van der Waals surface area (Å²) in [6.07, 6.45) is 5.29. The molecule has 0 radical (unpaired) electrons. The molecule has 6 heteroatoms. The molecule has 2 aliphatic heterocycles. The lowest BCUT2D eigenvalue weighted by Gasteiger charge is -2.33. The second-order valence-corrected chi connectivity index (χ2v) is 8.51. The summed E-state index contributed by atoms with van der Waals surface area (Å²) < 4.78 is 11.8. The zero-order chi connectivity index (χ0) is 21.9. The summed E-state index contributed by atoms with van der Waals surface area (Å²) >= 11 is 0. The number of nitrogens with zero attached hydrogens (tertiary/aromatic N) is 2. The number of piperidine rings is 1. The van der Waals surface area contributed by atoms with Gasteiger partial charge in [0.25, 0.3) is 5.91 Å². The molecule has 0 saturated carbocycles. The Morgan fingerprint density at radius 2 is 1.84 bits per heavy atom. The van der Waals surface area contributed by atoms with Gasteiger partial charge in [-0.25, -0.2) is 4.98 Å². The lowest BCUT2D eigenvalue weighted by molar-refractivity contribution is -0.142. The fourth-order valence-corrected chi connectivity index (χ4v) is 4.65. The number of benzene rings is 2. The molecule has 5 rings (SSSR count). The molecule has 2 fully saturated rings. The summed E-state index contributed by atoms with van der Waals surface area (Å²) in [5.41, 5.74) is 2.32. The predicted molar refractivity (Wildman–Crippen MR) is 126 cm³/mol. The number of hydrogen-bond acceptors (Lipinski definition) is 5. The highest BCUT2D eigenvalue weighted by atomic mass is 16.5. The quantitative estimate of drug-likeness (QED) is 0.645. The Morgan fingerprint density at radius 1 is 1.06 bits per heavy atom. The van der Waals surface area contributed by atoms with E-state index in [1.54, 1.807) is 0 Å². The molecule has 1 aromatic heterocycles. The zero-order valence-electron chi connectivity index (χ0n) is 18.4. The number of aromatic nitrogens is 1. The molecule has 2 aliphatic rings. The van der Waals surface area contributed by atoms with Gasteiger partial charge < -0.3 is 19.7 Å². The van der Waals surface area contributed by atoms with E-state index in [2.05, 4.69) is 40.6 Å². The highest BCUT2D eigenvalue weighted by molar-refractivity contribution is 5.94. The number of amides is 1. The van der Waals surface area contributed by atoms with E-state index in [0.717, 1.165) is 66.7 Å². The van der Waals surface area contributed by atoms with Crippen LogP contribution in [-0.4, -0.2) is 54.7 Å². The first-order valence-corrected chi connectivity index (χ1v) is 11.5. The average molecular weight is 432 g/mol. The number of carbonyl (C=O) groups is 1. The van der Waals surface area contributed by atoms with E-state index < -0.39 is 0 Å². The van der Waals surface area contributed by atoms with E-state index in [4.69, 9.17) is 9.47 Å². The van der Waals surface area contributed by atoms with Crippen LogP contribution in [0.25, 0.3) is 21.9 Å². The topological polar surface area (TPSA) is 63.7 Å². The maximum Gasteiger partial charge on any atom is 0.251 e. The minimum absolute atomic E-state index is 0.141. The van der Waals surface area contributed by atoms with Gasteiger partial charge in [-0.15, -0.1) is 0 Å². The summed E-state index contributed by atoms with van der Waals surface area (Å²) in [6.45, 7) is 2.18. The molecular weight excluding hydrogens is 402 g/mol. The lowest BCUT2D eigenvalue weighted by atomic mass is 10.0. The number of carbonyl (C=O) groups excluding carboxylic acids is 1. The molecule has 6 nitrogen and oxygen atoms in total. The third-order valence-electron chi connectivity index (χ3n) is 6.45. The van der Waals surface area contributed by atoms with Crippen molar-refractivity contribution in [3.8, 4) is 16.9 Å². The van der Waals surface area contributed by atoms with Crippen molar-refractivity contribution in [2.75, 3.05) is 32.1 Å².